The Labute approximate surface area is 128 Å². The molecule has 1 saturated heterocycles. The van der Waals surface area contributed by atoms with E-state index in [2.05, 4.69) is 25.9 Å². The Morgan fingerprint density at radius 2 is 2.15 bits per heavy atom. The van der Waals surface area contributed by atoms with Crippen LogP contribution in [0.25, 0.3) is 0 Å². The molecule has 1 amide bonds. The summed E-state index contributed by atoms with van der Waals surface area (Å²) >= 11 is 9.10. The predicted molar refractivity (Wildman–Crippen MR) is 74.8 cm³/mol. The lowest BCUT2D eigenvalue weighted by atomic mass is 10.1. The van der Waals surface area contributed by atoms with E-state index in [1.807, 2.05) is 0 Å². The predicted octanol–water partition coefficient (Wildman–Crippen LogP) is 1.85. The van der Waals surface area contributed by atoms with Crippen molar-refractivity contribution in [3.05, 3.63) is 15.3 Å². The summed E-state index contributed by atoms with van der Waals surface area (Å²) in [6.45, 7) is 1.74. The molecular formula is C10H10BrClFN3O3S. The van der Waals surface area contributed by atoms with E-state index < -0.39 is 21.9 Å². The number of amides is 1. The zero-order valence-corrected chi connectivity index (χ0v) is 13.5. The minimum atomic E-state index is -4.61. The Hall–Kier alpha value is -0.800. The van der Waals surface area contributed by atoms with Gasteiger partial charge >= 0.3 is 10.2 Å². The molecule has 20 heavy (non-hydrogen) atoms. The van der Waals surface area contributed by atoms with Crippen molar-refractivity contribution in [3.63, 3.8) is 0 Å². The van der Waals surface area contributed by atoms with Crippen molar-refractivity contribution in [2.24, 2.45) is 5.92 Å². The van der Waals surface area contributed by atoms with Crippen LogP contribution in [0.15, 0.2) is 4.47 Å². The van der Waals surface area contributed by atoms with Gasteiger partial charge in [-0.15, -0.1) is 3.89 Å². The van der Waals surface area contributed by atoms with E-state index in [1.54, 1.807) is 6.92 Å². The van der Waals surface area contributed by atoms with Crippen molar-refractivity contribution in [3.8, 4) is 0 Å². The lowest BCUT2D eigenvalue weighted by molar-refractivity contribution is -0.117. The van der Waals surface area contributed by atoms with Crippen LogP contribution in [0, 0.1) is 12.8 Å². The molecule has 0 N–H and O–H groups in total. The summed E-state index contributed by atoms with van der Waals surface area (Å²) in [7, 11) is -4.61. The van der Waals surface area contributed by atoms with E-state index in [-0.39, 0.29) is 30.0 Å². The van der Waals surface area contributed by atoms with Crippen LogP contribution >= 0.6 is 27.5 Å². The number of anilines is 1. The van der Waals surface area contributed by atoms with Gasteiger partial charge in [-0.05, 0) is 22.9 Å². The average molecular weight is 387 g/mol. The largest absolute Gasteiger partial charge is 0.302 e. The Morgan fingerprint density at radius 3 is 2.70 bits per heavy atom. The maximum atomic E-state index is 12.7. The number of hydrogen-bond donors (Lipinski definition) is 0. The molecule has 10 heteroatoms. The molecule has 0 saturated carbocycles. The smallest absolute Gasteiger partial charge is 0.280 e. The summed E-state index contributed by atoms with van der Waals surface area (Å²) < 4.78 is 34.5. The SMILES string of the molecule is Cc1nc(N2CC(CS(=O)(=O)F)CC2=O)nc(Cl)c1Br. The number of carbonyl (C=O) groups excluding carboxylic acids is 1. The lowest BCUT2D eigenvalue weighted by Gasteiger charge is -2.15. The highest BCUT2D eigenvalue weighted by Gasteiger charge is 2.35. The van der Waals surface area contributed by atoms with Crippen molar-refractivity contribution < 1.29 is 17.1 Å². The van der Waals surface area contributed by atoms with E-state index in [0.29, 0.717) is 10.2 Å². The van der Waals surface area contributed by atoms with Gasteiger partial charge in [0.05, 0.1) is 15.9 Å². The van der Waals surface area contributed by atoms with Crippen LogP contribution in [-0.4, -0.2) is 36.6 Å². The Bertz CT molecular complexity index is 647. The van der Waals surface area contributed by atoms with E-state index in [0.717, 1.165) is 0 Å². The molecule has 0 aromatic carbocycles. The molecule has 2 heterocycles. The van der Waals surface area contributed by atoms with E-state index in [1.165, 1.54) is 4.90 Å². The molecule has 110 valence electrons. The van der Waals surface area contributed by atoms with E-state index >= 15 is 0 Å². The molecule has 0 spiro atoms. The van der Waals surface area contributed by atoms with Gasteiger partial charge in [0.2, 0.25) is 11.9 Å². The Morgan fingerprint density at radius 1 is 1.50 bits per heavy atom. The average Bonchev–Trinajstić information content (AvgIpc) is 2.63. The summed E-state index contributed by atoms with van der Waals surface area (Å²) in [5.41, 5.74) is 0.550. The third-order valence-electron chi connectivity index (χ3n) is 2.85. The zero-order valence-electron chi connectivity index (χ0n) is 10.3. The summed E-state index contributed by atoms with van der Waals surface area (Å²) in [4.78, 5) is 21.2. The van der Waals surface area contributed by atoms with Crippen molar-refractivity contribution in [2.45, 2.75) is 13.3 Å². The third-order valence-corrected chi connectivity index (χ3v) is 5.17. The summed E-state index contributed by atoms with van der Waals surface area (Å²) in [5.74, 6) is -1.54. The fourth-order valence-corrected chi connectivity index (χ4v) is 3.18. The van der Waals surface area contributed by atoms with Crippen LogP contribution < -0.4 is 4.90 Å². The first-order valence-corrected chi connectivity index (χ1v) is 8.32. The number of hydrogen-bond acceptors (Lipinski definition) is 5. The van der Waals surface area contributed by atoms with Crippen LogP contribution in [-0.2, 0) is 15.0 Å². The molecule has 1 unspecified atom stereocenters. The first-order chi connectivity index (χ1) is 9.17. The van der Waals surface area contributed by atoms with Gasteiger partial charge in [-0.2, -0.15) is 13.4 Å². The number of aryl methyl sites for hydroxylation is 1. The molecule has 1 aliphatic heterocycles. The van der Waals surface area contributed by atoms with Gasteiger partial charge < -0.3 is 0 Å². The molecule has 1 fully saturated rings. The second-order valence-corrected chi connectivity index (χ2v) is 7.06. The molecule has 1 atom stereocenters. The van der Waals surface area contributed by atoms with Crippen LogP contribution in [0.2, 0.25) is 5.15 Å². The van der Waals surface area contributed by atoms with Crippen molar-refractivity contribution in [2.75, 3.05) is 17.2 Å². The van der Waals surface area contributed by atoms with Gasteiger partial charge in [0, 0.05) is 18.9 Å². The molecular weight excluding hydrogens is 377 g/mol. The highest BCUT2D eigenvalue weighted by molar-refractivity contribution is 9.10. The fraction of sp³-hybridized carbons (Fsp3) is 0.500. The van der Waals surface area contributed by atoms with Crippen LogP contribution in [0.5, 0.6) is 0 Å². The topological polar surface area (TPSA) is 80.2 Å². The molecule has 0 bridgehead atoms. The zero-order chi connectivity index (χ0) is 15.1. The third kappa shape index (κ3) is 3.44. The first-order valence-electron chi connectivity index (χ1n) is 5.59. The minimum absolute atomic E-state index is 0.0549. The number of rotatable bonds is 3. The van der Waals surface area contributed by atoms with Gasteiger partial charge in [0.15, 0.2) is 0 Å². The molecule has 0 radical (unpaired) electrons. The highest BCUT2D eigenvalue weighted by Crippen LogP contribution is 2.29. The van der Waals surface area contributed by atoms with E-state index in [4.69, 9.17) is 11.6 Å². The Balaban J connectivity index is 2.24. The molecule has 1 aliphatic rings. The maximum Gasteiger partial charge on any atom is 0.302 e. The van der Waals surface area contributed by atoms with Crippen molar-refractivity contribution >= 4 is 49.6 Å². The highest BCUT2D eigenvalue weighted by atomic mass is 79.9. The van der Waals surface area contributed by atoms with Crippen molar-refractivity contribution in [1.29, 1.82) is 0 Å². The number of nitrogens with zero attached hydrogens (tertiary/aromatic N) is 3. The molecule has 1 aromatic rings. The molecule has 6 nitrogen and oxygen atoms in total. The second-order valence-electron chi connectivity index (χ2n) is 4.49. The van der Waals surface area contributed by atoms with Gasteiger partial charge in [0.1, 0.15) is 5.15 Å². The summed E-state index contributed by atoms with van der Waals surface area (Å²) in [6.07, 6.45) is -0.0563. The second kappa shape index (κ2) is 5.53. The standard InChI is InChI=1S/C10H10BrClFN3O3S/c1-5-8(11)9(12)15-10(14-5)16-3-6(2-7(16)17)4-20(13,18)19/h6H,2-4H2,1H3. The van der Waals surface area contributed by atoms with Crippen LogP contribution in [0.1, 0.15) is 12.1 Å². The fourth-order valence-electron chi connectivity index (χ4n) is 2.00. The van der Waals surface area contributed by atoms with E-state index in [9.17, 15) is 17.1 Å². The quantitative estimate of drug-likeness (QED) is 0.585. The van der Waals surface area contributed by atoms with Gasteiger partial charge in [0.25, 0.3) is 0 Å². The minimum Gasteiger partial charge on any atom is -0.280 e. The van der Waals surface area contributed by atoms with Gasteiger partial charge in [-0.1, -0.05) is 11.6 Å². The number of carbonyl (C=O) groups is 1. The summed E-state index contributed by atoms with van der Waals surface area (Å²) in [6, 6.07) is 0. The van der Waals surface area contributed by atoms with Gasteiger partial charge in [-0.3, -0.25) is 9.69 Å². The van der Waals surface area contributed by atoms with Gasteiger partial charge in [-0.25, -0.2) is 4.98 Å². The summed E-state index contributed by atoms with van der Waals surface area (Å²) in [5, 5.41) is 0.155. The van der Waals surface area contributed by atoms with Crippen LogP contribution in [0.3, 0.4) is 0 Å². The first kappa shape index (κ1) is 15.6. The molecule has 1 aromatic heterocycles. The number of aromatic nitrogens is 2. The monoisotopic (exact) mass is 385 g/mol. The Kier molecular flexibility index (Phi) is 4.31. The lowest BCUT2D eigenvalue weighted by Crippen LogP contribution is -2.27. The maximum absolute atomic E-state index is 12.7. The van der Waals surface area contributed by atoms with Crippen molar-refractivity contribution in [1.82, 2.24) is 9.97 Å². The number of halogens is 3. The normalized spacial score (nSPS) is 19.7. The molecule has 2 rings (SSSR count). The molecule has 0 aliphatic carbocycles. The van der Waals surface area contributed by atoms with Crippen LogP contribution in [0.4, 0.5) is 9.83 Å².